The Morgan fingerprint density at radius 1 is 1.20 bits per heavy atom. The first-order valence-electron chi connectivity index (χ1n) is 10.1. The van der Waals surface area contributed by atoms with Crippen molar-refractivity contribution in [2.75, 3.05) is 24.9 Å². The zero-order chi connectivity index (χ0) is 21.6. The van der Waals surface area contributed by atoms with E-state index in [1.165, 1.54) is 0 Å². The van der Waals surface area contributed by atoms with Crippen molar-refractivity contribution in [2.45, 2.75) is 38.8 Å². The van der Waals surface area contributed by atoms with Crippen LogP contribution in [0.3, 0.4) is 0 Å². The number of methoxy groups -OCH3 is 2. The monoisotopic (exact) mass is 410 g/mol. The number of hydrogen-bond donors (Lipinski definition) is 3. The average molecular weight is 410 g/mol. The fourth-order valence-electron chi connectivity index (χ4n) is 4.95. The number of carbonyl (C=O) groups is 2. The summed E-state index contributed by atoms with van der Waals surface area (Å²) in [6.45, 7) is 6.05. The highest BCUT2D eigenvalue weighted by Gasteiger charge is 2.63. The predicted octanol–water partition coefficient (Wildman–Crippen LogP) is 2.08. The van der Waals surface area contributed by atoms with E-state index in [9.17, 15) is 9.59 Å². The Kier molecular flexibility index (Phi) is 4.94. The van der Waals surface area contributed by atoms with E-state index in [1.54, 1.807) is 32.4 Å². The van der Waals surface area contributed by atoms with Gasteiger partial charge >= 0.3 is 0 Å². The molecule has 0 bridgehead atoms. The predicted molar refractivity (Wildman–Crippen MR) is 114 cm³/mol. The second-order valence-electron chi connectivity index (χ2n) is 8.32. The molecule has 2 heterocycles. The van der Waals surface area contributed by atoms with Gasteiger partial charge in [0.1, 0.15) is 17.4 Å². The molecule has 2 aliphatic rings. The second kappa shape index (κ2) is 7.32. The molecule has 0 radical (unpaired) electrons. The number of ether oxygens (including phenoxy) is 2. The summed E-state index contributed by atoms with van der Waals surface area (Å²) in [6.07, 6.45) is 0.595. The summed E-state index contributed by atoms with van der Waals surface area (Å²) in [5.74, 6) is 0.294. The van der Waals surface area contributed by atoms with Crippen molar-refractivity contribution < 1.29 is 24.4 Å². The van der Waals surface area contributed by atoms with Gasteiger partial charge in [-0.25, -0.2) is 0 Å². The summed E-state index contributed by atoms with van der Waals surface area (Å²) in [6, 6.07) is 9.45. The summed E-state index contributed by atoms with van der Waals surface area (Å²) in [7, 11) is 3.12. The van der Waals surface area contributed by atoms with Crippen molar-refractivity contribution >= 4 is 23.2 Å². The maximum atomic E-state index is 13.5. The van der Waals surface area contributed by atoms with Crippen LogP contribution in [0.15, 0.2) is 30.3 Å². The number of nitrogens with one attached hydrogen (secondary N) is 2. The quantitative estimate of drug-likeness (QED) is 0.720. The molecular weight excluding hydrogens is 382 g/mol. The highest BCUT2D eigenvalue weighted by atomic mass is 16.5. The second-order valence-corrected chi connectivity index (χ2v) is 8.32. The van der Waals surface area contributed by atoms with Crippen molar-refractivity contribution in [3.8, 4) is 11.5 Å². The summed E-state index contributed by atoms with van der Waals surface area (Å²) in [5.41, 5.74) is 3.36. The third-order valence-corrected chi connectivity index (χ3v) is 6.23. The summed E-state index contributed by atoms with van der Waals surface area (Å²) >= 11 is 0. The Morgan fingerprint density at radius 3 is 2.67 bits per heavy atom. The zero-order valence-electron chi connectivity index (χ0n) is 18.0. The van der Waals surface area contributed by atoms with Gasteiger partial charge < -0.3 is 25.4 Å². The number of aryl methyl sites for hydroxylation is 2. The van der Waals surface area contributed by atoms with E-state index in [2.05, 4.69) is 17.6 Å². The van der Waals surface area contributed by atoms with E-state index < -0.39 is 11.5 Å². The smallest absolute Gasteiger partial charge is 0.291 e. The first-order chi connectivity index (χ1) is 14.3. The van der Waals surface area contributed by atoms with Gasteiger partial charge in [-0.1, -0.05) is 11.6 Å². The molecule has 0 aliphatic carbocycles. The van der Waals surface area contributed by atoms with Crippen LogP contribution in [-0.4, -0.2) is 32.1 Å². The highest BCUT2D eigenvalue weighted by molar-refractivity contribution is 6.10. The van der Waals surface area contributed by atoms with Crippen LogP contribution in [0, 0.1) is 19.8 Å². The van der Waals surface area contributed by atoms with Crippen molar-refractivity contribution in [1.29, 1.82) is 0 Å². The lowest BCUT2D eigenvalue weighted by molar-refractivity contribution is -0.729. The third-order valence-electron chi connectivity index (χ3n) is 6.23. The van der Waals surface area contributed by atoms with Crippen LogP contribution >= 0.6 is 0 Å². The Balaban J connectivity index is 1.75. The number of hydrogen-bond acceptors (Lipinski definition) is 4. The molecule has 4 N–H and O–H groups in total. The topological polar surface area (TPSA) is 93.3 Å². The van der Waals surface area contributed by atoms with Crippen molar-refractivity contribution in [3.05, 3.63) is 47.0 Å². The van der Waals surface area contributed by atoms with Crippen molar-refractivity contribution in [1.82, 2.24) is 0 Å². The molecule has 0 unspecified atom stereocenters. The van der Waals surface area contributed by atoms with Gasteiger partial charge in [0, 0.05) is 18.1 Å². The Labute approximate surface area is 176 Å². The van der Waals surface area contributed by atoms with Gasteiger partial charge in [-0.2, -0.15) is 0 Å². The summed E-state index contributed by atoms with van der Waals surface area (Å²) in [5, 5.41) is 8.07. The van der Waals surface area contributed by atoms with Crippen molar-refractivity contribution in [3.63, 3.8) is 0 Å². The molecule has 7 heteroatoms. The number of nitrogens with two attached hydrogens (primary N) is 1. The SMILES string of the molecule is COc1ccc(OC)c(NC(=O)[C@H]2C[C@H](C)[NH2+][C@]23C(=O)Nc2c(C)cc(C)cc23)c1. The first kappa shape index (κ1) is 20.2. The molecule has 1 saturated heterocycles. The molecule has 3 atom stereocenters. The minimum absolute atomic E-state index is 0.130. The summed E-state index contributed by atoms with van der Waals surface area (Å²) < 4.78 is 10.7. The van der Waals surface area contributed by atoms with E-state index in [0.717, 1.165) is 22.4 Å². The molecule has 0 saturated carbocycles. The molecule has 4 rings (SSSR count). The number of benzene rings is 2. The standard InChI is InChI=1S/C23H27N3O4/c1-12-8-13(2)20-16(9-12)23(22(28)25-20)17(10-14(3)26-23)21(27)24-18-11-15(29-4)6-7-19(18)30-5/h6-9,11,14,17,26H,10H2,1-5H3,(H,24,27)(H,25,28)/p+1/t14-,17+,23-/m0/s1. The molecule has 2 amide bonds. The lowest BCUT2D eigenvalue weighted by Gasteiger charge is -2.26. The van der Waals surface area contributed by atoms with Gasteiger partial charge in [-0.05, 0) is 44.5 Å². The number of carbonyl (C=O) groups excluding carboxylic acids is 2. The lowest BCUT2D eigenvalue weighted by atomic mass is 9.78. The van der Waals surface area contributed by atoms with E-state index >= 15 is 0 Å². The van der Waals surface area contributed by atoms with Crippen LogP contribution in [0.25, 0.3) is 0 Å². The number of amides is 2. The first-order valence-corrected chi connectivity index (χ1v) is 10.1. The molecule has 2 aliphatic heterocycles. The fraction of sp³-hybridized carbons (Fsp3) is 0.391. The molecule has 30 heavy (non-hydrogen) atoms. The third kappa shape index (κ3) is 3.01. The molecule has 1 fully saturated rings. The maximum Gasteiger partial charge on any atom is 0.291 e. The molecule has 158 valence electrons. The van der Waals surface area contributed by atoms with Gasteiger partial charge in [0.2, 0.25) is 11.4 Å². The van der Waals surface area contributed by atoms with Gasteiger partial charge in [0.05, 0.1) is 31.6 Å². The van der Waals surface area contributed by atoms with Crippen LogP contribution < -0.4 is 25.4 Å². The molecule has 2 aromatic rings. The minimum Gasteiger partial charge on any atom is -0.497 e. The Morgan fingerprint density at radius 2 is 1.97 bits per heavy atom. The molecular formula is C23H28N3O4+. The Bertz CT molecular complexity index is 1040. The van der Waals surface area contributed by atoms with Gasteiger partial charge in [0.25, 0.3) is 5.91 Å². The Hall–Kier alpha value is -3.06. The van der Waals surface area contributed by atoms with Gasteiger partial charge in [-0.3, -0.25) is 9.59 Å². The number of quaternary nitrogens is 1. The molecule has 7 nitrogen and oxygen atoms in total. The van der Waals surface area contributed by atoms with E-state index in [0.29, 0.717) is 23.6 Å². The van der Waals surface area contributed by atoms with Crippen LogP contribution in [0.2, 0.25) is 0 Å². The fourth-order valence-corrected chi connectivity index (χ4v) is 4.95. The van der Waals surface area contributed by atoms with Crippen LogP contribution in [0.5, 0.6) is 11.5 Å². The number of fused-ring (bicyclic) bond motifs is 2. The molecule has 1 spiro atoms. The van der Waals surface area contributed by atoms with Gasteiger partial charge in [-0.15, -0.1) is 0 Å². The average Bonchev–Trinajstić information content (AvgIpc) is 3.20. The molecule has 0 aromatic heterocycles. The largest absolute Gasteiger partial charge is 0.497 e. The molecule has 2 aromatic carbocycles. The number of rotatable bonds is 4. The van der Waals surface area contributed by atoms with Gasteiger partial charge in [0.15, 0.2) is 0 Å². The van der Waals surface area contributed by atoms with Crippen molar-refractivity contribution in [2.24, 2.45) is 5.92 Å². The maximum absolute atomic E-state index is 13.5. The normalized spacial score (nSPS) is 24.5. The van der Waals surface area contributed by atoms with E-state index in [1.807, 2.05) is 31.3 Å². The van der Waals surface area contributed by atoms with Crippen LogP contribution in [0.4, 0.5) is 11.4 Å². The zero-order valence-corrected chi connectivity index (χ0v) is 18.0. The minimum atomic E-state index is -0.971. The highest BCUT2D eigenvalue weighted by Crippen LogP contribution is 2.45. The number of anilines is 2. The van der Waals surface area contributed by atoms with E-state index in [-0.39, 0.29) is 17.9 Å². The van der Waals surface area contributed by atoms with Crippen LogP contribution in [0.1, 0.15) is 30.0 Å². The van der Waals surface area contributed by atoms with E-state index in [4.69, 9.17) is 9.47 Å². The lowest BCUT2D eigenvalue weighted by Crippen LogP contribution is -2.97. The summed E-state index contributed by atoms with van der Waals surface area (Å²) in [4.78, 5) is 26.8. The van der Waals surface area contributed by atoms with Crippen LogP contribution in [-0.2, 0) is 15.1 Å².